The first-order valence-corrected chi connectivity index (χ1v) is 9.29. The molecule has 0 bridgehead atoms. The first kappa shape index (κ1) is 21.2. The number of carbonyl (C=O) groups excluding carboxylic acids is 3. The molecule has 3 rings (SSSR count). The van der Waals surface area contributed by atoms with Crippen LogP contribution >= 0.6 is 11.6 Å². The van der Waals surface area contributed by atoms with Crippen molar-refractivity contribution < 1.29 is 23.5 Å². The molecule has 0 saturated carbocycles. The normalized spacial score (nSPS) is 10.6. The van der Waals surface area contributed by atoms with Gasteiger partial charge in [0.05, 0.1) is 11.1 Å². The average molecular weight is 430 g/mol. The number of rotatable bonds is 7. The average Bonchev–Trinajstić information content (AvgIpc) is 2.72. The third kappa shape index (κ3) is 5.30. The quantitative estimate of drug-likeness (QED) is 0.459. The number of benzene rings is 2. The van der Waals surface area contributed by atoms with Gasteiger partial charge in [0, 0.05) is 24.0 Å². The van der Waals surface area contributed by atoms with Crippen molar-refractivity contribution >= 4 is 46.0 Å². The molecule has 1 heterocycles. The minimum absolute atomic E-state index is 0.0280. The molecular weight excluding hydrogens is 413 g/mol. The van der Waals surface area contributed by atoms with E-state index in [2.05, 4.69) is 4.98 Å². The molecule has 0 saturated heterocycles. The molecule has 0 spiro atoms. The maximum atomic E-state index is 13.2. The maximum absolute atomic E-state index is 13.2. The minimum Gasteiger partial charge on any atom is -0.452 e. The van der Waals surface area contributed by atoms with E-state index in [1.54, 1.807) is 24.3 Å². The fourth-order valence-corrected chi connectivity index (χ4v) is 2.91. The molecule has 9 heteroatoms. The number of ether oxygens (including phenoxy) is 1. The predicted octanol–water partition coefficient (Wildman–Crippen LogP) is 3.09. The Morgan fingerprint density at radius 1 is 1.07 bits per heavy atom. The number of halogens is 2. The molecule has 0 aliphatic rings. The first-order valence-electron chi connectivity index (χ1n) is 8.91. The summed E-state index contributed by atoms with van der Waals surface area (Å²) in [5, 5.41) is 1.02. The van der Waals surface area contributed by atoms with E-state index in [1.165, 1.54) is 35.2 Å². The maximum Gasteiger partial charge on any atom is 0.338 e. The molecule has 154 valence electrons. The van der Waals surface area contributed by atoms with Crippen LogP contribution in [0.4, 0.5) is 10.1 Å². The van der Waals surface area contributed by atoms with Gasteiger partial charge in [0.25, 0.3) is 5.91 Å². The standard InChI is InChI=1S/C21H17ClFN3O4/c22-18-8-2-13-11-14(1-7-17(13)25-18)21(29)30-12-20(28)26(10-9-19(24)27)16-5-3-15(23)4-6-16/h1-8,11H,9-10,12H2,(H2,24,27). The third-order valence-electron chi connectivity index (χ3n) is 4.24. The SMILES string of the molecule is NC(=O)CCN(C(=O)COC(=O)c1ccc2nc(Cl)ccc2c1)c1ccc(F)cc1. The van der Waals surface area contributed by atoms with Crippen molar-refractivity contribution in [3.8, 4) is 0 Å². The van der Waals surface area contributed by atoms with Gasteiger partial charge in [-0.3, -0.25) is 9.59 Å². The van der Waals surface area contributed by atoms with Gasteiger partial charge in [0.1, 0.15) is 11.0 Å². The topological polar surface area (TPSA) is 103 Å². The lowest BCUT2D eigenvalue weighted by Crippen LogP contribution is -2.37. The predicted molar refractivity (Wildman–Crippen MR) is 110 cm³/mol. The zero-order chi connectivity index (χ0) is 21.7. The van der Waals surface area contributed by atoms with Crippen molar-refractivity contribution in [1.29, 1.82) is 0 Å². The molecule has 2 N–H and O–H groups in total. The number of amides is 2. The van der Waals surface area contributed by atoms with E-state index in [-0.39, 0.29) is 18.5 Å². The van der Waals surface area contributed by atoms with Gasteiger partial charge in [-0.05, 0) is 54.6 Å². The highest BCUT2D eigenvalue weighted by Crippen LogP contribution is 2.19. The number of fused-ring (bicyclic) bond motifs is 1. The van der Waals surface area contributed by atoms with E-state index in [0.29, 0.717) is 21.7 Å². The summed E-state index contributed by atoms with van der Waals surface area (Å²) in [5.41, 5.74) is 6.37. The van der Waals surface area contributed by atoms with E-state index < -0.39 is 30.2 Å². The summed E-state index contributed by atoms with van der Waals surface area (Å²) in [6.07, 6.45) is -0.0999. The zero-order valence-corrected chi connectivity index (χ0v) is 16.4. The molecule has 2 amide bonds. The highest BCUT2D eigenvalue weighted by atomic mass is 35.5. The Kier molecular flexibility index (Phi) is 6.58. The minimum atomic E-state index is -0.700. The number of carbonyl (C=O) groups is 3. The lowest BCUT2D eigenvalue weighted by molar-refractivity contribution is -0.121. The van der Waals surface area contributed by atoms with Crippen LogP contribution in [-0.2, 0) is 14.3 Å². The molecular formula is C21H17ClFN3O4. The molecule has 0 aliphatic carbocycles. The van der Waals surface area contributed by atoms with Crippen LogP contribution in [0.1, 0.15) is 16.8 Å². The number of anilines is 1. The smallest absolute Gasteiger partial charge is 0.338 e. The Morgan fingerprint density at radius 3 is 2.50 bits per heavy atom. The second-order valence-corrected chi connectivity index (χ2v) is 6.74. The molecule has 0 unspecified atom stereocenters. The van der Waals surface area contributed by atoms with E-state index in [4.69, 9.17) is 22.1 Å². The molecule has 0 radical (unpaired) electrons. The fourth-order valence-electron chi connectivity index (χ4n) is 2.76. The van der Waals surface area contributed by atoms with Gasteiger partial charge >= 0.3 is 5.97 Å². The molecule has 30 heavy (non-hydrogen) atoms. The van der Waals surface area contributed by atoms with Crippen molar-refractivity contribution in [2.75, 3.05) is 18.1 Å². The number of nitrogens with zero attached hydrogens (tertiary/aromatic N) is 2. The number of pyridine rings is 1. The van der Waals surface area contributed by atoms with Gasteiger partial charge in [-0.15, -0.1) is 0 Å². The van der Waals surface area contributed by atoms with Gasteiger partial charge in [0.15, 0.2) is 6.61 Å². The molecule has 0 aliphatic heterocycles. The summed E-state index contributed by atoms with van der Waals surface area (Å²) in [5.74, 6) is -2.35. The van der Waals surface area contributed by atoms with Crippen molar-refractivity contribution in [3.63, 3.8) is 0 Å². The number of nitrogens with two attached hydrogens (primary N) is 1. The van der Waals surface area contributed by atoms with Crippen LogP contribution in [0.3, 0.4) is 0 Å². The molecule has 3 aromatic rings. The van der Waals surface area contributed by atoms with Gasteiger partial charge in [-0.1, -0.05) is 11.6 Å². The molecule has 7 nitrogen and oxygen atoms in total. The summed E-state index contributed by atoms with van der Waals surface area (Å²) in [6.45, 7) is -0.592. The highest BCUT2D eigenvalue weighted by molar-refractivity contribution is 6.29. The number of hydrogen-bond donors (Lipinski definition) is 1. The Balaban J connectivity index is 1.70. The van der Waals surface area contributed by atoms with Crippen LogP contribution in [0, 0.1) is 5.82 Å². The number of primary amides is 1. The molecule has 2 aromatic carbocycles. The summed E-state index contributed by atoms with van der Waals surface area (Å²) in [6, 6.07) is 13.2. The van der Waals surface area contributed by atoms with Crippen LogP contribution in [0.2, 0.25) is 5.15 Å². The van der Waals surface area contributed by atoms with E-state index >= 15 is 0 Å². The Hall–Kier alpha value is -3.52. The largest absolute Gasteiger partial charge is 0.452 e. The Bertz CT molecular complexity index is 1110. The van der Waals surface area contributed by atoms with Gasteiger partial charge < -0.3 is 15.4 Å². The zero-order valence-electron chi connectivity index (χ0n) is 15.7. The van der Waals surface area contributed by atoms with Gasteiger partial charge in [-0.2, -0.15) is 0 Å². The summed E-state index contributed by atoms with van der Waals surface area (Å²) in [7, 11) is 0. The van der Waals surface area contributed by atoms with E-state index in [9.17, 15) is 18.8 Å². The number of aromatic nitrogens is 1. The Labute approximate surface area is 176 Å². The summed E-state index contributed by atoms with van der Waals surface area (Å²) < 4.78 is 18.3. The van der Waals surface area contributed by atoms with Crippen molar-refractivity contribution in [2.24, 2.45) is 5.73 Å². The van der Waals surface area contributed by atoms with Gasteiger partial charge in [0.2, 0.25) is 5.91 Å². The molecule has 0 fully saturated rings. The van der Waals surface area contributed by atoms with Crippen molar-refractivity contribution in [1.82, 2.24) is 4.98 Å². The van der Waals surface area contributed by atoms with Crippen LogP contribution < -0.4 is 10.6 Å². The van der Waals surface area contributed by atoms with Crippen molar-refractivity contribution in [3.05, 3.63) is 71.1 Å². The first-order chi connectivity index (χ1) is 14.3. The number of hydrogen-bond acceptors (Lipinski definition) is 5. The third-order valence-corrected chi connectivity index (χ3v) is 4.45. The second-order valence-electron chi connectivity index (χ2n) is 6.36. The Morgan fingerprint density at radius 2 is 1.80 bits per heavy atom. The highest BCUT2D eigenvalue weighted by Gasteiger charge is 2.19. The molecule has 0 atom stereocenters. The summed E-state index contributed by atoms with van der Waals surface area (Å²) in [4.78, 5) is 41.4. The van der Waals surface area contributed by atoms with Crippen LogP contribution in [0.15, 0.2) is 54.6 Å². The lowest BCUT2D eigenvalue weighted by Gasteiger charge is -2.22. The van der Waals surface area contributed by atoms with E-state index in [0.717, 1.165) is 0 Å². The van der Waals surface area contributed by atoms with Crippen LogP contribution in [0.5, 0.6) is 0 Å². The van der Waals surface area contributed by atoms with E-state index in [1.807, 2.05) is 0 Å². The van der Waals surface area contributed by atoms with Crippen LogP contribution in [-0.4, -0.2) is 35.9 Å². The number of esters is 1. The second kappa shape index (κ2) is 9.32. The van der Waals surface area contributed by atoms with Crippen LogP contribution in [0.25, 0.3) is 10.9 Å². The monoisotopic (exact) mass is 429 g/mol. The lowest BCUT2D eigenvalue weighted by atomic mass is 10.1. The fraction of sp³-hybridized carbons (Fsp3) is 0.143. The van der Waals surface area contributed by atoms with Gasteiger partial charge in [-0.25, -0.2) is 14.2 Å². The summed E-state index contributed by atoms with van der Waals surface area (Å²) >= 11 is 5.84. The molecule has 1 aromatic heterocycles. The van der Waals surface area contributed by atoms with Crippen molar-refractivity contribution in [2.45, 2.75) is 6.42 Å².